The van der Waals surface area contributed by atoms with Gasteiger partial charge in [0.2, 0.25) is 0 Å². The van der Waals surface area contributed by atoms with Crippen molar-refractivity contribution >= 4 is 11.9 Å². The molecule has 2 bridgehead atoms. The molecule has 6 heteroatoms. The van der Waals surface area contributed by atoms with Gasteiger partial charge in [0, 0.05) is 42.9 Å². The largest absolute Gasteiger partial charge is 0.834 e. The number of quaternary nitrogens is 1. The molecule has 3 aromatic rings. The Bertz CT molecular complexity index is 1240. The molecule has 3 saturated heterocycles. The first-order valence-corrected chi connectivity index (χ1v) is 14.0. The Labute approximate surface area is 231 Å². The van der Waals surface area contributed by atoms with Crippen LogP contribution in [0.1, 0.15) is 51.9 Å². The third kappa shape index (κ3) is 5.77. The summed E-state index contributed by atoms with van der Waals surface area (Å²) in [5.41, 5.74) is 1.53. The zero-order chi connectivity index (χ0) is 27.5. The number of carbonyl (C=O) groups is 2. The Hall–Kier alpha value is -3.48. The summed E-state index contributed by atoms with van der Waals surface area (Å²) in [6.45, 7) is 8.33. The lowest BCUT2D eigenvalue weighted by molar-refractivity contribution is -0.946. The molecule has 3 aliphatic heterocycles. The third-order valence-corrected chi connectivity index (χ3v) is 8.53. The van der Waals surface area contributed by atoms with Crippen molar-refractivity contribution in [1.82, 2.24) is 5.32 Å². The number of rotatable bonds is 9. The van der Waals surface area contributed by atoms with Crippen LogP contribution in [0.3, 0.4) is 0 Å². The highest BCUT2D eigenvalue weighted by atomic mass is 16.6. The number of ether oxygens (including phenoxy) is 1. The number of piperidine rings is 3. The number of nitrogens with one attached hydrogen (secondary N) is 1. The lowest BCUT2D eigenvalue weighted by atomic mass is 9.82. The number of hydrogen-bond donors (Lipinski definition) is 1. The van der Waals surface area contributed by atoms with E-state index in [-0.39, 0.29) is 17.9 Å². The highest BCUT2D eigenvalue weighted by molar-refractivity contribution is 5.94. The van der Waals surface area contributed by atoms with Gasteiger partial charge < -0.3 is 19.6 Å². The van der Waals surface area contributed by atoms with E-state index in [1.165, 1.54) is 0 Å². The molecule has 3 heterocycles. The Morgan fingerprint density at radius 1 is 0.923 bits per heavy atom. The van der Waals surface area contributed by atoms with E-state index in [0.29, 0.717) is 23.2 Å². The monoisotopic (exact) mass is 526 g/mol. The SMILES string of the molecule is Cc1cc(C)cc(C(=O)NCCC[N+]23CCC(CC2)C(OC(=O)C([O-])(c2ccccc2)c2ccccc2)C3)c1. The molecule has 3 fully saturated rings. The molecule has 204 valence electrons. The van der Waals surface area contributed by atoms with Gasteiger partial charge in [0.25, 0.3) is 5.91 Å². The van der Waals surface area contributed by atoms with Crippen LogP contribution in [0.25, 0.3) is 0 Å². The van der Waals surface area contributed by atoms with Gasteiger partial charge in [-0.2, -0.15) is 0 Å². The van der Waals surface area contributed by atoms with Crippen LogP contribution in [-0.4, -0.2) is 55.2 Å². The van der Waals surface area contributed by atoms with Crippen molar-refractivity contribution in [2.75, 3.05) is 32.7 Å². The van der Waals surface area contributed by atoms with Gasteiger partial charge >= 0.3 is 5.97 Å². The number of benzene rings is 3. The molecule has 0 radical (unpaired) electrons. The number of nitrogens with zero attached hydrogens (tertiary/aromatic N) is 1. The smallest absolute Gasteiger partial charge is 0.304 e. The van der Waals surface area contributed by atoms with Crippen molar-refractivity contribution in [2.24, 2.45) is 5.92 Å². The van der Waals surface area contributed by atoms with E-state index in [1.54, 1.807) is 48.5 Å². The van der Waals surface area contributed by atoms with Gasteiger partial charge in [0.1, 0.15) is 6.54 Å². The van der Waals surface area contributed by atoms with Crippen LogP contribution < -0.4 is 10.4 Å². The van der Waals surface area contributed by atoms with Crippen LogP contribution in [0.5, 0.6) is 0 Å². The molecule has 6 rings (SSSR count). The number of hydrogen-bond acceptors (Lipinski definition) is 4. The van der Waals surface area contributed by atoms with Crippen LogP contribution in [-0.2, 0) is 15.1 Å². The fraction of sp³-hybridized carbons (Fsp3) is 0.394. The fourth-order valence-corrected chi connectivity index (χ4v) is 6.46. The average molecular weight is 527 g/mol. The second kappa shape index (κ2) is 11.3. The molecule has 6 nitrogen and oxygen atoms in total. The third-order valence-electron chi connectivity index (χ3n) is 8.53. The van der Waals surface area contributed by atoms with E-state index >= 15 is 0 Å². The number of esters is 1. The zero-order valence-electron chi connectivity index (χ0n) is 22.9. The van der Waals surface area contributed by atoms with E-state index in [4.69, 9.17) is 4.74 Å². The summed E-state index contributed by atoms with van der Waals surface area (Å²) in [5, 5.41) is 17.4. The minimum absolute atomic E-state index is 0.0421. The molecule has 1 atom stereocenters. The van der Waals surface area contributed by atoms with Crippen molar-refractivity contribution in [3.8, 4) is 0 Å². The molecule has 0 spiro atoms. The molecule has 0 aromatic heterocycles. The number of aryl methyl sites for hydroxylation is 2. The second-order valence-corrected chi connectivity index (χ2v) is 11.4. The van der Waals surface area contributed by atoms with Gasteiger partial charge in [-0.3, -0.25) is 9.59 Å². The van der Waals surface area contributed by atoms with Crippen molar-refractivity contribution in [1.29, 1.82) is 0 Å². The van der Waals surface area contributed by atoms with E-state index in [2.05, 4.69) is 11.4 Å². The van der Waals surface area contributed by atoms with Gasteiger partial charge in [-0.05, 0) is 37.1 Å². The van der Waals surface area contributed by atoms with Crippen LogP contribution in [0.2, 0.25) is 0 Å². The Kier molecular flexibility index (Phi) is 7.87. The first-order valence-electron chi connectivity index (χ1n) is 14.0. The summed E-state index contributed by atoms with van der Waals surface area (Å²) in [5.74, 6) is -0.480. The molecule has 0 aliphatic carbocycles. The predicted molar refractivity (Wildman–Crippen MR) is 149 cm³/mol. The first kappa shape index (κ1) is 27.1. The number of fused-ring (bicyclic) bond motifs is 3. The molecule has 1 amide bonds. The van der Waals surface area contributed by atoms with Crippen molar-refractivity contribution < 1.29 is 23.9 Å². The van der Waals surface area contributed by atoms with Gasteiger partial charge in [-0.1, -0.05) is 77.9 Å². The van der Waals surface area contributed by atoms with Crippen LogP contribution >= 0.6 is 0 Å². The first-order chi connectivity index (χ1) is 18.8. The minimum Gasteiger partial charge on any atom is -0.834 e. The molecule has 39 heavy (non-hydrogen) atoms. The lowest BCUT2D eigenvalue weighted by Crippen LogP contribution is -2.65. The van der Waals surface area contributed by atoms with Crippen molar-refractivity contribution in [3.63, 3.8) is 0 Å². The minimum atomic E-state index is -2.11. The standard InChI is InChI=1S/C33H38N2O4/c1-24-20-25(2)22-27(21-24)31(36)34-16-9-17-35-18-14-26(15-19-35)30(23-35)39-32(37)33(38,28-10-5-3-6-11-28)29-12-7-4-8-13-29/h3-8,10-13,20-22,26,30H,9,14-19,23H2,1-2H3,(H,34,36). The van der Waals surface area contributed by atoms with Crippen LogP contribution in [0.15, 0.2) is 78.9 Å². The topological polar surface area (TPSA) is 78.5 Å². The highest BCUT2D eigenvalue weighted by Crippen LogP contribution is 2.37. The summed E-state index contributed by atoms with van der Waals surface area (Å²) in [4.78, 5) is 26.3. The zero-order valence-corrected chi connectivity index (χ0v) is 22.9. The van der Waals surface area contributed by atoms with E-state index in [0.717, 1.165) is 61.1 Å². The van der Waals surface area contributed by atoms with Crippen molar-refractivity contribution in [3.05, 3.63) is 107 Å². The molecular formula is C33H38N2O4. The molecule has 0 saturated carbocycles. The average Bonchev–Trinajstić information content (AvgIpc) is 2.96. The summed E-state index contributed by atoms with van der Waals surface area (Å²) >= 11 is 0. The molecule has 1 unspecified atom stereocenters. The lowest BCUT2D eigenvalue weighted by Gasteiger charge is -2.53. The molecule has 3 aliphatic rings. The van der Waals surface area contributed by atoms with E-state index in [9.17, 15) is 14.7 Å². The van der Waals surface area contributed by atoms with E-state index in [1.807, 2.05) is 38.1 Å². The summed E-state index contributed by atoms with van der Waals surface area (Å²) < 4.78 is 6.98. The number of amides is 1. The predicted octanol–water partition coefficient (Wildman–Crippen LogP) is 3.88. The molecule has 1 N–H and O–H groups in total. The maximum atomic E-state index is 14.3. The number of carbonyl (C=O) groups excluding carboxylic acids is 2. The quantitative estimate of drug-likeness (QED) is 0.261. The summed E-state index contributed by atoms with van der Waals surface area (Å²) in [7, 11) is 0. The Morgan fingerprint density at radius 2 is 1.49 bits per heavy atom. The maximum absolute atomic E-state index is 14.3. The van der Waals surface area contributed by atoms with Gasteiger partial charge in [0.15, 0.2) is 6.10 Å². The highest BCUT2D eigenvalue weighted by Gasteiger charge is 2.48. The summed E-state index contributed by atoms with van der Waals surface area (Å²) in [6.07, 6.45) is 2.54. The van der Waals surface area contributed by atoms with Gasteiger partial charge in [-0.25, -0.2) is 0 Å². The van der Waals surface area contributed by atoms with Gasteiger partial charge in [-0.15, -0.1) is 0 Å². The van der Waals surface area contributed by atoms with Gasteiger partial charge in [0.05, 0.1) is 19.6 Å². The summed E-state index contributed by atoms with van der Waals surface area (Å²) in [6, 6.07) is 23.5. The van der Waals surface area contributed by atoms with Crippen LogP contribution in [0, 0.1) is 19.8 Å². The Morgan fingerprint density at radius 3 is 2.05 bits per heavy atom. The molecule has 3 aromatic carbocycles. The van der Waals surface area contributed by atoms with Crippen molar-refractivity contribution in [2.45, 2.75) is 44.8 Å². The fourth-order valence-electron chi connectivity index (χ4n) is 6.46. The van der Waals surface area contributed by atoms with Crippen LogP contribution in [0.4, 0.5) is 0 Å². The Balaban J connectivity index is 1.23. The second-order valence-electron chi connectivity index (χ2n) is 11.4. The van der Waals surface area contributed by atoms with E-state index < -0.39 is 11.6 Å². The normalized spacial score (nSPS) is 22.3. The maximum Gasteiger partial charge on any atom is 0.304 e. The molecular weight excluding hydrogens is 488 g/mol.